The molecule has 2 aliphatic rings. The summed E-state index contributed by atoms with van der Waals surface area (Å²) in [4.78, 5) is 49.2. The summed E-state index contributed by atoms with van der Waals surface area (Å²) >= 11 is 0. The Morgan fingerprint density at radius 3 is 2.72 bits per heavy atom. The van der Waals surface area contributed by atoms with Crippen LogP contribution in [0.3, 0.4) is 0 Å². The Hall–Kier alpha value is -4.14. The third kappa shape index (κ3) is 4.31. The first-order valence-corrected chi connectivity index (χ1v) is 10.2. The SMILES string of the molecule is C=C1c2ccc(NCC(=O)Nc3cccc(C(N)=O)c3)cc2CN1C1CCC(=O)NC1=O. The van der Waals surface area contributed by atoms with Crippen molar-refractivity contribution in [1.29, 1.82) is 0 Å². The molecule has 2 aromatic rings. The lowest BCUT2D eigenvalue weighted by molar-refractivity contribution is -0.136. The number of piperidine rings is 1. The molecule has 5 N–H and O–H groups in total. The Balaban J connectivity index is 1.37. The molecule has 164 valence electrons. The van der Waals surface area contributed by atoms with Gasteiger partial charge in [-0.05, 0) is 42.3 Å². The summed E-state index contributed by atoms with van der Waals surface area (Å²) in [5.74, 6) is -1.39. The van der Waals surface area contributed by atoms with Gasteiger partial charge < -0.3 is 21.3 Å². The summed E-state index contributed by atoms with van der Waals surface area (Å²) in [7, 11) is 0. The maximum atomic E-state index is 12.3. The van der Waals surface area contributed by atoms with Crippen LogP contribution in [0, 0.1) is 0 Å². The van der Waals surface area contributed by atoms with Crippen LogP contribution in [0.1, 0.15) is 34.3 Å². The minimum atomic E-state index is -0.565. The molecule has 1 fully saturated rings. The fourth-order valence-electron chi connectivity index (χ4n) is 3.97. The number of nitrogens with two attached hydrogens (primary N) is 1. The minimum Gasteiger partial charge on any atom is -0.376 e. The van der Waals surface area contributed by atoms with E-state index in [4.69, 9.17) is 5.73 Å². The first kappa shape index (κ1) is 21.1. The molecule has 0 bridgehead atoms. The van der Waals surface area contributed by atoms with Gasteiger partial charge in [0.05, 0.1) is 6.54 Å². The number of hydrogen-bond donors (Lipinski definition) is 4. The molecule has 1 atom stereocenters. The summed E-state index contributed by atoms with van der Waals surface area (Å²) < 4.78 is 0. The third-order valence-corrected chi connectivity index (χ3v) is 5.57. The van der Waals surface area contributed by atoms with Crippen molar-refractivity contribution in [3.8, 4) is 0 Å². The normalized spacial score (nSPS) is 17.6. The van der Waals surface area contributed by atoms with Gasteiger partial charge in [-0.25, -0.2) is 0 Å². The van der Waals surface area contributed by atoms with Gasteiger partial charge in [-0.3, -0.25) is 24.5 Å². The Morgan fingerprint density at radius 2 is 1.97 bits per heavy atom. The van der Waals surface area contributed by atoms with E-state index in [1.165, 1.54) is 6.07 Å². The van der Waals surface area contributed by atoms with E-state index >= 15 is 0 Å². The lowest BCUT2D eigenvalue weighted by atomic mass is 10.0. The predicted octanol–water partition coefficient (Wildman–Crippen LogP) is 1.43. The highest BCUT2D eigenvalue weighted by molar-refractivity contribution is 6.01. The Bertz CT molecular complexity index is 1140. The molecular weight excluding hydrogens is 410 g/mol. The summed E-state index contributed by atoms with van der Waals surface area (Å²) in [6, 6.07) is 11.7. The van der Waals surface area contributed by atoms with Gasteiger partial charge in [0.2, 0.25) is 23.6 Å². The van der Waals surface area contributed by atoms with E-state index in [2.05, 4.69) is 22.5 Å². The van der Waals surface area contributed by atoms with Crippen molar-refractivity contribution in [2.24, 2.45) is 5.73 Å². The number of carbonyl (C=O) groups excluding carboxylic acids is 4. The summed E-state index contributed by atoms with van der Waals surface area (Å²) in [6.07, 6.45) is 0.765. The molecule has 1 unspecified atom stereocenters. The van der Waals surface area contributed by atoms with Crippen LogP contribution >= 0.6 is 0 Å². The zero-order valence-corrected chi connectivity index (χ0v) is 17.3. The number of primary amides is 1. The Kier molecular flexibility index (Phi) is 5.63. The molecule has 2 heterocycles. The average Bonchev–Trinajstić information content (AvgIpc) is 3.08. The number of carbonyl (C=O) groups is 4. The van der Waals surface area contributed by atoms with E-state index in [9.17, 15) is 19.2 Å². The average molecular weight is 433 g/mol. The van der Waals surface area contributed by atoms with Crippen molar-refractivity contribution < 1.29 is 19.2 Å². The molecular formula is C23H23N5O4. The van der Waals surface area contributed by atoms with Crippen LogP contribution in [0.25, 0.3) is 5.70 Å². The van der Waals surface area contributed by atoms with Crippen LogP contribution in [0.2, 0.25) is 0 Å². The van der Waals surface area contributed by atoms with E-state index in [1.807, 2.05) is 23.1 Å². The van der Waals surface area contributed by atoms with Crippen LogP contribution in [-0.2, 0) is 20.9 Å². The van der Waals surface area contributed by atoms with Gasteiger partial charge in [0, 0.05) is 41.2 Å². The van der Waals surface area contributed by atoms with Crippen LogP contribution in [0.5, 0.6) is 0 Å². The number of hydrogen-bond acceptors (Lipinski definition) is 6. The maximum absolute atomic E-state index is 12.3. The molecule has 0 radical (unpaired) electrons. The van der Waals surface area contributed by atoms with Crippen molar-refractivity contribution in [1.82, 2.24) is 10.2 Å². The van der Waals surface area contributed by atoms with Crippen molar-refractivity contribution in [2.75, 3.05) is 17.2 Å². The number of fused-ring (bicyclic) bond motifs is 1. The van der Waals surface area contributed by atoms with Gasteiger partial charge in [0.15, 0.2) is 0 Å². The van der Waals surface area contributed by atoms with Crippen molar-refractivity contribution >= 4 is 40.7 Å². The fourth-order valence-corrected chi connectivity index (χ4v) is 3.97. The minimum absolute atomic E-state index is 0.0252. The molecule has 32 heavy (non-hydrogen) atoms. The van der Waals surface area contributed by atoms with E-state index in [0.29, 0.717) is 30.6 Å². The molecule has 9 heteroatoms. The van der Waals surface area contributed by atoms with Gasteiger partial charge >= 0.3 is 0 Å². The molecule has 2 aliphatic heterocycles. The van der Waals surface area contributed by atoms with Gasteiger partial charge in [-0.1, -0.05) is 18.7 Å². The maximum Gasteiger partial charge on any atom is 0.249 e. The zero-order valence-electron chi connectivity index (χ0n) is 17.3. The highest BCUT2D eigenvalue weighted by Gasteiger charge is 2.36. The number of nitrogens with zero attached hydrogens (tertiary/aromatic N) is 1. The van der Waals surface area contributed by atoms with E-state index in [-0.39, 0.29) is 24.3 Å². The monoisotopic (exact) mass is 433 g/mol. The largest absolute Gasteiger partial charge is 0.376 e. The summed E-state index contributed by atoms with van der Waals surface area (Å²) in [5, 5.41) is 8.19. The fraction of sp³-hybridized carbons (Fsp3) is 0.217. The number of imide groups is 1. The molecule has 4 rings (SSSR count). The molecule has 2 aromatic carbocycles. The highest BCUT2D eigenvalue weighted by atomic mass is 16.2. The molecule has 0 spiro atoms. The highest BCUT2D eigenvalue weighted by Crippen LogP contribution is 2.36. The second-order valence-electron chi connectivity index (χ2n) is 7.76. The van der Waals surface area contributed by atoms with Crippen molar-refractivity contribution in [2.45, 2.75) is 25.4 Å². The molecule has 0 saturated carbocycles. The Labute approximate surface area is 184 Å². The second kappa shape index (κ2) is 8.54. The molecule has 0 aliphatic carbocycles. The quantitative estimate of drug-likeness (QED) is 0.509. The second-order valence-corrected chi connectivity index (χ2v) is 7.76. The topological polar surface area (TPSA) is 134 Å². The zero-order chi connectivity index (χ0) is 22.8. The van der Waals surface area contributed by atoms with Crippen LogP contribution < -0.4 is 21.7 Å². The van der Waals surface area contributed by atoms with Crippen molar-refractivity contribution in [3.63, 3.8) is 0 Å². The Morgan fingerprint density at radius 1 is 1.16 bits per heavy atom. The number of amides is 4. The van der Waals surface area contributed by atoms with Crippen LogP contribution in [-0.4, -0.2) is 41.1 Å². The number of anilines is 2. The third-order valence-electron chi connectivity index (χ3n) is 5.57. The first-order valence-electron chi connectivity index (χ1n) is 10.2. The van der Waals surface area contributed by atoms with Crippen LogP contribution in [0.4, 0.5) is 11.4 Å². The molecule has 1 saturated heterocycles. The van der Waals surface area contributed by atoms with E-state index in [1.54, 1.807) is 18.2 Å². The van der Waals surface area contributed by atoms with Gasteiger partial charge in [-0.2, -0.15) is 0 Å². The standard InChI is InChI=1S/C23H23N5O4/c1-13-18-6-5-16(10-15(18)12-28(13)19-7-8-20(29)27-23(19)32)25-11-21(30)26-17-4-2-3-14(9-17)22(24)31/h2-6,9-10,19,25H,1,7-8,11-12H2,(H2,24,31)(H,26,30)(H,27,29,32). The number of benzene rings is 2. The lowest BCUT2D eigenvalue weighted by Crippen LogP contribution is -2.50. The first-order chi connectivity index (χ1) is 15.3. The van der Waals surface area contributed by atoms with E-state index in [0.717, 1.165) is 22.5 Å². The van der Waals surface area contributed by atoms with E-state index < -0.39 is 11.9 Å². The molecule has 4 amide bonds. The summed E-state index contributed by atoms with van der Waals surface area (Å²) in [5.41, 5.74) is 9.48. The summed E-state index contributed by atoms with van der Waals surface area (Å²) in [6.45, 7) is 4.65. The number of nitrogens with one attached hydrogen (secondary N) is 3. The van der Waals surface area contributed by atoms with Crippen molar-refractivity contribution in [3.05, 3.63) is 65.7 Å². The smallest absolute Gasteiger partial charge is 0.249 e. The molecule has 9 nitrogen and oxygen atoms in total. The predicted molar refractivity (Wildman–Crippen MR) is 119 cm³/mol. The van der Waals surface area contributed by atoms with Gasteiger partial charge in [-0.15, -0.1) is 0 Å². The van der Waals surface area contributed by atoms with Crippen LogP contribution in [0.15, 0.2) is 49.0 Å². The number of rotatable bonds is 6. The lowest BCUT2D eigenvalue weighted by Gasteiger charge is -2.31. The van der Waals surface area contributed by atoms with Gasteiger partial charge in [0.1, 0.15) is 6.04 Å². The molecule has 0 aromatic heterocycles. The van der Waals surface area contributed by atoms with Gasteiger partial charge in [0.25, 0.3) is 0 Å².